The third-order valence-electron chi connectivity index (χ3n) is 5.60. The smallest absolute Gasteiger partial charge is 0.278 e. The Kier molecular flexibility index (Phi) is 5.96. The zero-order valence-electron chi connectivity index (χ0n) is 17.5. The van der Waals surface area contributed by atoms with E-state index in [2.05, 4.69) is 14.6 Å². The van der Waals surface area contributed by atoms with E-state index in [9.17, 15) is 14.9 Å². The van der Waals surface area contributed by atoms with Gasteiger partial charge in [-0.15, -0.1) is 27.8 Å². The molecule has 0 radical (unpaired) electrons. The van der Waals surface area contributed by atoms with Crippen LogP contribution >= 0.6 is 34.2 Å². The number of likely N-dealkylation sites (tertiary alicyclic amines) is 1. The fourth-order valence-electron chi connectivity index (χ4n) is 3.84. The van der Waals surface area contributed by atoms with Crippen LogP contribution in [0.3, 0.4) is 0 Å². The van der Waals surface area contributed by atoms with E-state index < -0.39 is 0 Å². The molecule has 0 unspecified atom stereocenters. The number of thiazole rings is 2. The van der Waals surface area contributed by atoms with Gasteiger partial charge in [0, 0.05) is 35.8 Å². The third-order valence-corrected chi connectivity index (χ3v) is 8.43. The van der Waals surface area contributed by atoms with Crippen LogP contribution in [0.4, 0.5) is 5.69 Å². The Hall–Kier alpha value is -3.09. The van der Waals surface area contributed by atoms with Crippen molar-refractivity contribution < 1.29 is 9.72 Å². The highest BCUT2D eigenvalue weighted by Gasteiger charge is 2.28. The maximum absolute atomic E-state index is 13.0. The molecular formula is C21H18N6O3S3. The SMILES string of the molecule is Cc1nnsc1-c1nc(C(=O)N2CCC(c3nc(-c4ccccc4[N+](=O)[O-])cs3)CC2)cs1. The van der Waals surface area contributed by atoms with Gasteiger partial charge in [0.05, 0.1) is 26.9 Å². The Balaban J connectivity index is 1.25. The van der Waals surface area contributed by atoms with E-state index in [1.165, 1.54) is 40.3 Å². The summed E-state index contributed by atoms with van der Waals surface area (Å²) >= 11 is 4.24. The van der Waals surface area contributed by atoms with E-state index in [0.717, 1.165) is 33.4 Å². The van der Waals surface area contributed by atoms with Crippen LogP contribution in [0.1, 0.15) is 39.9 Å². The van der Waals surface area contributed by atoms with Gasteiger partial charge in [-0.3, -0.25) is 14.9 Å². The van der Waals surface area contributed by atoms with Gasteiger partial charge < -0.3 is 4.90 Å². The van der Waals surface area contributed by atoms with E-state index >= 15 is 0 Å². The monoisotopic (exact) mass is 498 g/mol. The second kappa shape index (κ2) is 9.04. The first-order valence-electron chi connectivity index (χ1n) is 10.2. The molecule has 5 rings (SSSR count). The highest BCUT2D eigenvalue weighted by molar-refractivity contribution is 7.18. The summed E-state index contributed by atoms with van der Waals surface area (Å²) in [5.74, 6) is 0.165. The highest BCUT2D eigenvalue weighted by Crippen LogP contribution is 2.36. The lowest BCUT2D eigenvalue weighted by atomic mass is 9.97. The topological polar surface area (TPSA) is 115 Å². The lowest BCUT2D eigenvalue weighted by Gasteiger charge is -2.30. The van der Waals surface area contributed by atoms with E-state index in [1.54, 1.807) is 23.6 Å². The zero-order valence-corrected chi connectivity index (χ0v) is 20.0. The minimum absolute atomic E-state index is 0.0571. The van der Waals surface area contributed by atoms with Gasteiger partial charge in [0.25, 0.3) is 11.6 Å². The molecule has 33 heavy (non-hydrogen) atoms. The van der Waals surface area contributed by atoms with Crippen molar-refractivity contribution >= 4 is 45.8 Å². The van der Waals surface area contributed by atoms with Gasteiger partial charge in [-0.1, -0.05) is 16.6 Å². The minimum Gasteiger partial charge on any atom is -0.337 e. The number of aryl methyl sites for hydroxylation is 1. The van der Waals surface area contributed by atoms with Crippen LogP contribution in [0.25, 0.3) is 21.1 Å². The maximum Gasteiger partial charge on any atom is 0.278 e. The molecule has 0 spiro atoms. The molecule has 0 aliphatic carbocycles. The molecule has 1 aromatic carbocycles. The molecule has 4 aromatic rings. The van der Waals surface area contributed by atoms with Gasteiger partial charge in [0.15, 0.2) is 0 Å². The molecule has 4 heterocycles. The number of benzene rings is 1. The summed E-state index contributed by atoms with van der Waals surface area (Å²) in [5.41, 5.74) is 2.49. The lowest BCUT2D eigenvalue weighted by molar-refractivity contribution is -0.384. The number of carbonyl (C=O) groups is 1. The van der Waals surface area contributed by atoms with Crippen LogP contribution in [-0.2, 0) is 0 Å². The molecule has 0 bridgehead atoms. The lowest BCUT2D eigenvalue weighted by Crippen LogP contribution is -2.38. The fourth-order valence-corrected chi connectivity index (χ4v) is 6.42. The number of rotatable bonds is 5. The maximum atomic E-state index is 13.0. The van der Waals surface area contributed by atoms with Gasteiger partial charge in [0.1, 0.15) is 15.6 Å². The first kappa shape index (κ1) is 21.7. The summed E-state index contributed by atoms with van der Waals surface area (Å²) in [6.07, 6.45) is 1.59. The normalized spacial score (nSPS) is 14.5. The number of nitrogens with zero attached hydrogens (tertiary/aromatic N) is 6. The van der Waals surface area contributed by atoms with Crippen LogP contribution in [0.5, 0.6) is 0 Å². The summed E-state index contributed by atoms with van der Waals surface area (Å²) in [4.78, 5) is 35.9. The summed E-state index contributed by atoms with van der Waals surface area (Å²) < 4.78 is 3.94. The number of aromatic nitrogens is 4. The Bertz CT molecular complexity index is 1320. The first-order chi connectivity index (χ1) is 16.0. The molecule has 12 heteroatoms. The van der Waals surface area contributed by atoms with Gasteiger partial charge >= 0.3 is 0 Å². The predicted molar refractivity (Wildman–Crippen MR) is 128 cm³/mol. The number of piperidine rings is 1. The number of hydrogen-bond acceptors (Lipinski definition) is 10. The van der Waals surface area contributed by atoms with E-state index in [4.69, 9.17) is 4.98 Å². The molecule has 9 nitrogen and oxygen atoms in total. The molecule has 1 aliphatic heterocycles. The molecule has 0 N–H and O–H groups in total. The summed E-state index contributed by atoms with van der Waals surface area (Å²) in [6.45, 7) is 3.13. The van der Waals surface area contributed by atoms with Crippen molar-refractivity contribution in [2.24, 2.45) is 0 Å². The van der Waals surface area contributed by atoms with Gasteiger partial charge in [-0.2, -0.15) is 0 Å². The van der Waals surface area contributed by atoms with Crippen molar-refractivity contribution in [1.82, 2.24) is 24.5 Å². The zero-order chi connectivity index (χ0) is 22.9. The van der Waals surface area contributed by atoms with E-state index in [-0.39, 0.29) is 22.4 Å². The standard InChI is InChI=1S/C21H18N6O3S3/c1-12-18(33-25-24-12)20-23-16(11-32-20)21(28)26-8-6-13(7-9-26)19-22-15(10-31-19)14-4-2-3-5-17(14)27(29)30/h2-5,10-11,13H,6-9H2,1H3. The van der Waals surface area contributed by atoms with Gasteiger partial charge in [-0.25, -0.2) is 9.97 Å². The number of nitro groups is 1. The molecule has 168 valence electrons. The van der Waals surface area contributed by atoms with Gasteiger partial charge in [-0.05, 0) is 37.4 Å². The number of amides is 1. The van der Waals surface area contributed by atoms with Crippen LogP contribution in [0.2, 0.25) is 0 Å². The molecule has 1 amide bonds. The largest absolute Gasteiger partial charge is 0.337 e. The van der Waals surface area contributed by atoms with Crippen molar-refractivity contribution in [3.63, 3.8) is 0 Å². The van der Waals surface area contributed by atoms with Crippen LogP contribution < -0.4 is 0 Å². The van der Waals surface area contributed by atoms with Crippen molar-refractivity contribution in [1.29, 1.82) is 0 Å². The molecule has 1 fully saturated rings. The van der Waals surface area contributed by atoms with Crippen molar-refractivity contribution in [2.75, 3.05) is 13.1 Å². The van der Waals surface area contributed by atoms with E-state index in [0.29, 0.717) is 30.0 Å². The van der Waals surface area contributed by atoms with Crippen LogP contribution in [0.15, 0.2) is 35.0 Å². The first-order valence-corrected chi connectivity index (χ1v) is 12.8. The molecular weight excluding hydrogens is 480 g/mol. The van der Waals surface area contributed by atoms with Gasteiger partial charge in [0.2, 0.25) is 0 Å². The Labute approximate surface area is 201 Å². The molecule has 3 aromatic heterocycles. The second-order valence-corrected chi connectivity index (χ2v) is 10.1. The number of nitro benzene ring substituents is 1. The second-order valence-electron chi connectivity index (χ2n) is 7.64. The number of hydrogen-bond donors (Lipinski definition) is 0. The number of carbonyl (C=O) groups excluding carboxylic acids is 1. The van der Waals surface area contributed by atoms with E-state index in [1.807, 2.05) is 17.2 Å². The Morgan fingerprint density at radius 2 is 1.94 bits per heavy atom. The quantitative estimate of drug-likeness (QED) is 0.280. The minimum atomic E-state index is -0.380. The predicted octanol–water partition coefficient (Wildman–Crippen LogP) is 5.02. The summed E-state index contributed by atoms with van der Waals surface area (Å²) in [5, 5.41) is 20.7. The van der Waals surface area contributed by atoms with Crippen molar-refractivity contribution in [3.8, 4) is 21.1 Å². The highest BCUT2D eigenvalue weighted by atomic mass is 32.1. The number of para-hydroxylation sites is 1. The molecule has 0 saturated carbocycles. The Morgan fingerprint density at radius 3 is 2.67 bits per heavy atom. The summed E-state index contributed by atoms with van der Waals surface area (Å²) in [7, 11) is 0. The average molecular weight is 499 g/mol. The van der Waals surface area contributed by atoms with Crippen molar-refractivity contribution in [3.05, 3.63) is 61.5 Å². The van der Waals surface area contributed by atoms with Crippen molar-refractivity contribution in [2.45, 2.75) is 25.7 Å². The molecule has 1 aliphatic rings. The third kappa shape index (κ3) is 4.28. The average Bonchev–Trinajstić information content (AvgIpc) is 3.59. The Morgan fingerprint density at radius 1 is 1.15 bits per heavy atom. The van der Waals surface area contributed by atoms with Crippen LogP contribution in [0, 0.1) is 17.0 Å². The molecule has 0 atom stereocenters. The fraction of sp³-hybridized carbons (Fsp3) is 0.286. The molecule has 1 saturated heterocycles. The van der Waals surface area contributed by atoms with Crippen LogP contribution in [-0.4, -0.2) is 48.4 Å². The summed E-state index contributed by atoms with van der Waals surface area (Å²) in [6, 6.07) is 6.66.